The maximum absolute atomic E-state index is 13.0. The molecule has 8 rings (SSSR count). The minimum atomic E-state index is -1.12. The van der Waals surface area contributed by atoms with Crippen LogP contribution in [0, 0.1) is 73.7 Å². The van der Waals surface area contributed by atoms with Crippen LogP contribution < -0.4 is 0 Å². The molecule has 240 valence electrons. The van der Waals surface area contributed by atoms with Gasteiger partial charge in [-0.05, 0) is 39.8 Å². The van der Waals surface area contributed by atoms with Gasteiger partial charge in [0.15, 0.2) is 27.2 Å². The van der Waals surface area contributed by atoms with Gasteiger partial charge >= 0.3 is 6.01 Å². The molecule has 2 nitrogen and oxygen atoms in total. The van der Waals surface area contributed by atoms with Gasteiger partial charge in [-0.25, -0.2) is 22.0 Å². The second kappa shape index (κ2) is 13.9. The first-order valence-electron chi connectivity index (χ1n) is 12.1. The second-order valence-electron chi connectivity index (χ2n) is 8.93. The number of aryl methyl sites for hydroxylation is 4. The Kier molecular flexibility index (Phi) is 10.9. The zero-order chi connectivity index (χ0) is 32.0. The van der Waals surface area contributed by atoms with Crippen molar-refractivity contribution in [2.24, 2.45) is 0 Å². The van der Waals surface area contributed by atoms with Crippen molar-refractivity contribution in [1.82, 2.24) is 0 Å². The first kappa shape index (κ1) is 35.1. The molecule has 0 fully saturated rings. The van der Waals surface area contributed by atoms with Crippen LogP contribution in [0.4, 0.5) is 35.1 Å². The molecule has 0 N–H and O–H groups in total. The molecule has 0 saturated heterocycles. The van der Waals surface area contributed by atoms with E-state index in [1.165, 1.54) is 50.7 Å². The molecule has 0 spiro atoms. The molecule has 0 atom stereocenters. The quantitative estimate of drug-likeness (QED) is 0.145. The number of hydrogen-bond acceptors (Lipinski definition) is 8. The molecule has 45 heavy (non-hydrogen) atoms. The van der Waals surface area contributed by atoms with Crippen molar-refractivity contribution in [2.75, 3.05) is 0 Å². The smallest absolute Gasteiger partial charge is 0.316 e. The summed E-state index contributed by atoms with van der Waals surface area (Å²) in [6.07, 6.45) is 0.920. The van der Waals surface area contributed by atoms with E-state index in [0.717, 1.165) is 46.7 Å². The highest BCUT2D eigenvalue weighted by atomic mass is 32.2. The Morgan fingerprint density at radius 3 is 1.82 bits per heavy atom. The number of furan rings is 2. The Labute approximate surface area is 274 Å². The van der Waals surface area contributed by atoms with Crippen molar-refractivity contribution < 1.29 is 44.0 Å². The zero-order valence-corrected chi connectivity index (χ0v) is 27.5. The van der Waals surface area contributed by atoms with Crippen LogP contribution in [-0.2, 0) is 0 Å². The van der Waals surface area contributed by atoms with Crippen LogP contribution in [0.2, 0.25) is 0 Å². The Hall–Kier alpha value is -2.76. The highest BCUT2D eigenvalue weighted by Gasteiger charge is 2.17. The van der Waals surface area contributed by atoms with E-state index in [0.29, 0.717) is 24.9 Å². The average Bonchev–Trinajstić information content (AvgIpc) is 3.84. The van der Waals surface area contributed by atoms with E-state index in [9.17, 15) is 35.1 Å². The van der Waals surface area contributed by atoms with Crippen molar-refractivity contribution in [1.29, 1.82) is 0 Å². The summed E-state index contributed by atoms with van der Waals surface area (Å²) >= 11 is 7.22. The predicted molar refractivity (Wildman–Crippen MR) is 173 cm³/mol. The van der Waals surface area contributed by atoms with E-state index >= 15 is 0 Å². The summed E-state index contributed by atoms with van der Waals surface area (Å²) in [5.41, 5.74) is 0. The van der Waals surface area contributed by atoms with Crippen LogP contribution >= 0.6 is 68.0 Å². The molecule has 16 heteroatoms. The van der Waals surface area contributed by atoms with Gasteiger partial charge in [0.25, 0.3) is 0 Å². The number of fused-ring (bicyclic) bond motifs is 4. The molecule has 0 amide bonds. The van der Waals surface area contributed by atoms with E-state index in [4.69, 9.17) is 4.42 Å². The van der Waals surface area contributed by atoms with E-state index in [-0.39, 0.29) is 23.6 Å². The average molecular weight is 745 g/mol. The van der Waals surface area contributed by atoms with E-state index in [2.05, 4.69) is 4.42 Å². The van der Waals surface area contributed by atoms with Gasteiger partial charge < -0.3 is 8.83 Å². The summed E-state index contributed by atoms with van der Waals surface area (Å²) < 4.78 is 113. The topological polar surface area (TPSA) is 26.3 Å². The molecule has 0 saturated carbocycles. The molecule has 8 aromatic rings. The van der Waals surface area contributed by atoms with Gasteiger partial charge in [0.1, 0.15) is 23.3 Å². The SMILES string of the molecule is C.Cc1cc2c(F)c(F)oc2s1.Cc1cc2c(F)c(F)sc2s1.Cc1sc2occ(F)c2c1F.Cc1sc2scc(F)c2c1F. The van der Waals surface area contributed by atoms with E-state index in [1.807, 2.05) is 13.8 Å². The second-order valence-corrected chi connectivity index (χ2v) is 16.2. The molecule has 0 aliphatic rings. The van der Waals surface area contributed by atoms with Gasteiger partial charge in [-0.2, -0.15) is 13.2 Å². The molecule has 0 aliphatic heterocycles. The summed E-state index contributed by atoms with van der Waals surface area (Å²) in [4.78, 5) is 3.59. The molecule has 0 radical (unpaired) electrons. The monoisotopic (exact) mass is 744 g/mol. The standard InChI is InChI=1S/2C7H4F2OS.2C7H4F2S2.CH4/c1-3-6(9)5-4(8)2-10-7(5)11-3;1-3-2-4-5(8)6(9)10-7(4)11-3;1-3-6(9)5-4(8)2-10-7(5)11-3;1-3-2-4-5(8)6(9)11-7(4)10-3;/h4*2H,1H3;1H4. The number of thiophene rings is 6. The Morgan fingerprint density at radius 2 is 1.20 bits per heavy atom. The van der Waals surface area contributed by atoms with Gasteiger partial charge in [0, 0.05) is 30.3 Å². The third-order valence-corrected chi connectivity index (χ3v) is 12.0. The first-order valence-corrected chi connectivity index (χ1v) is 17.0. The number of rotatable bonds is 0. The fourth-order valence-corrected chi connectivity index (χ4v) is 9.74. The largest absolute Gasteiger partial charge is 0.450 e. The summed E-state index contributed by atoms with van der Waals surface area (Å²) in [6.45, 7) is 6.95. The molecule has 0 aromatic carbocycles. The molecule has 0 aliphatic carbocycles. The van der Waals surface area contributed by atoms with Gasteiger partial charge in [-0.3, -0.25) is 0 Å². The fourth-order valence-electron chi connectivity index (χ4n) is 3.81. The van der Waals surface area contributed by atoms with E-state index < -0.39 is 46.0 Å². The summed E-state index contributed by atoms with van der Waals surface area (Å²) in [5, 5.41) is 1.44. The van der Waals surface area contributed by atoms with Crippen molar-refractivity contribution in [3.05, 3.63) is 89.3 Å². The lowest BCUT2D eigenvalue weighted by molar-refractivity contribution is 0.344. The maximum atomic E-state index is 13.0. The van der Waals surface area contributed by atoms with Crippen LogP contribution in [0.15, 0.2) is 32.6 Å². The highest BCUT2D eigenvalue weighted by molar-refractivity contribution is 7.38. The Balaban J connectivity index is 0.000000136. The zero-order valence-electron chi connectivity index (χ0n) is 22.6. The van der Waals surface area contributed by atoms with Gasteiger partial charge in [0.05, 0.1) is 18.8 Å². The molecule has 0 bridgehead atoms. The molecule has 8 heterocycles. The molecular formula is C29H20F8O2S6. The lowest BCUT2D eigenvalue weighted by atomic mass is 10.3. The molecule has 8 aromatic heterocycles. The van der Waals surface area contributed by atoms with Crippen LogP contribution in [0.3, 0.4) is 0 Å². The third-order valence-electron chi connectivity index (χ3n) is 5.80. The number of halogens is 8. The van der Waals surface area contributed by atoms with Gasteiger partial charge in [0.2, 0.25) is 10.9 Å². The Bertz CT molecular complexity index is 2080. The Morgan fingerprint density at radius 1 is 0.578 bits per heavy atom. The van der Waals surface area contributed by atoms with Gasteiger partial charge in [-0.1, -0.05) is 18.8 Å². The maximum Gasteiger partial charge on any atom is 0.316 e. The summed E-state index contributed by atoms with van der Waals surface area (Å²) in [7, 11) is 0. The lowest BCUT2D eigenvalue weighted by Gasteiger charge is -1.81. The van der Waals surface area contributed by atoms with Crippen LogP contribution in [0.5, 0.6) is 0 Å². The van der Waals surface area contributed by atoms with Gasteiger partial charge in [-0.15, -0.1) is 56.7 Å². The minimum absolute atomic E-state index is 0. The number of hydrogen-bond donors (Lipinski definition) is 0. The van der Waals surface area contributed by atoms with E-state index in [1.54, 1.807) is 26.0 Å². The van der Waals surface area contributed by atoms with Crippen LogP contribution in [-0.4, -0.2) is 0 Å². The lowest BCUT2D eigenvalue weighted by Crippen LogP contribution is -1.72. The predicted octanol–water partition coefficient (Wildman–Crippen LogP) is 13.9. The van der Waals surface area contributed by atoms with Crippen molar-refractivity contribution in [2.45, 2.75) is 35.1 Å². The summed E-state index contributed by atoms with van der Waals surface area (Å²) in [6, 6.07) is 2.13. The van der Waals surface area contributed by atoms with Crippen molar-refractivity contribution >= 4 is 107 Å². The van der Waals surface area contributed by atoms with Crippen LogP contribution in [0.1, 0.15) is 26.9 Å². The molecule has 0 unspecified atom stereocenters. The normalized spacial score (nSPS) is 10.9. The van der Waals surface area contributed by atoms with Crippen molar-refractivity contribution in [3.63, 3.8) is 0 Å². The summed E-state index contributed by atoms with van der Waals surface area (Å²) in [5.74, 6) is -3.55. The van der Waals surface area contributed by atoms with Crippen molar-refractivity contribution in [3.8, 4) is 0 Å². The van der Waals surface area contributed by atoms with Crippen LogP contribution in [0.25, 0.3) is 39.4 Å². The molecular weight excluding hydrogens is 725 g/mol. The highest BCUT2D eigenvalue weighted by Crippen LogP contribution is 2.37. The minimum Gasteiger partial charge on any atom is -0.450 e. The first-order chi connectivity index (χ1) is 20.8. The third kappa shape index (κ3) is 7.00. The fraction of sp³-hybridized carbons (Fsp3) is 0.172.